The number of ketones is 1. The van der Waals surface area contributed by atoms with Gasteiger partial charge in [0.1, 0.15) is 6.61 Å². The van der Waals surface area contributed by atoms with Crippen molar-refractivity contribution < 1.29 is 19.4 Å². The standard InChI is InChI=1S/C6H10O4/c1-5(7)4-10-3-2-6(8)9/h2-4H2,1H3,(H,8,9). The smallest absolute Gasteiger partial charge is 0.305 e. The van der Waals surface area contributed by atoms with E-state index < -0.39 is 5.97 Å². The number of carboxylic acids is 1. The summed E-state index contributed by atoms with van der Waals surface area (Å²) in [6.07, 6.45) is -0.0483. The van der Waals surface area contributed by atoms with Crippen LogP contribution in [0.1, 0.15) is 13.3 Å². The molecule has 0 saturated heterocycles. The van der Waals surface area contributed by atoms with Gasteiger partial charge in [0.25, 0.3) is 0 Å². The first-order chi connectivity index (χ1) is 4.63. The Labute approximate surface area is 58.8 Å². The van der Waals surface area contributed by atoms with E-state index in [0.717, 1.165) is 0 Å². The summed E-state index contributed by atoms with van der Waals surface area (Å²) in [5, 5.41) is 8.11. The van der Waals surface area contributed by atoms with E-state index in [-0.39, 0.29) is 25.4 Å². The van der Waals surface area contributed by atoms with Gasteiger partial charge in [-0.3, -0.25) is 9.59 Å². The molecule has 0 aliphatic heterocycles. The molecule has 0 aliphatic carbocycles. The molecule has 0 heterocycles. The molecule has 10 heavy (non-hydrogen) atoms. The van der Waals surface area contributed by atoms with Crippen LogP contribution in [0.5, 0.6) is 0 Å². The van der Waals surface area contributed by atoms with Gasteiger partial charge in [-0.05, 0) is 6.92 Å². The van der Waals surface area contributed by atoms with Crippen LogP contribution in [0, 0.1) is 0 Å². The van der Waals surface area contributed by atoms with E-state index in [1.165, 1.54) is 6.92 Å². The second-order valence-electron chi connectivity index (χ2n) is 1.90. The van der Waals surface area contributed by atoms with Crippen LogP contribution in [0.3, 0.4) is 0 Å². The first-order valence-electron chi connectivity index (χ1n) is 2.92. The molecule has 4 heteroatoms. The van der Waals surface area contributed by atoms with Crippen molar-refractivity contribution in [2.24, 2.45) is 0 Å². The Kier molecular flexibility index (Phi) is 4.49. The normalized spacial score (nSPS) is 9.30. The van der Waals surface area contributed by atoms with Crippen molar-refractivity contribution in [3.05, 3.63) is 0 Å². The molecular weight excluding hydrogens is 136 g/mol. The summed E-state index contributed by atoms with van der Waals surface area (Å²) in [4.78, 5) is 20.1. The average Bonchev–Trinajstić information content (AvgIpc) is 1.79. The van der Waals surface area contributed by atoms with Gasteiger partial charge in [0.2, 0.25) is 0 Å². The van der Waals surface area contributed by atoms with Crippen LogP contribution < -0.4 is 0 Å². The zero-order valence-electron chi connectivity index (χ0n) is 5.79. The number of ether oxygens (including phenoxy) is 1. The molecule has 1 N–H and O–H groups in total. The minimum Gasteiger partial charge on any atom is -0.481 e. The van der Waals surface area contributed by atoms with Crippen molar-refractivity contribution in [1.82, 2.24) is 0 Å². The monoisotopic (exact) mass is 146 g/mol. The second kappa shape index (κ2) is 4.93. The molecule has 4 nitrogen and oxygen atoms in total. The summed E-state index contributed by atoms with van der Waals surface area (Å²) in [6, 6.07) is 0. The third-order valence-electron chi connectivity index (χ3n) is 0.766. The van der Waals surface area contributed by atoms with Gasteiger partial charge >= 0.3 is 5.97 Å². The molecule has 0 aromatic rings. The lowest BCUT2D eigenvalue weighted by atomic mass is 10.4. The number of aliphatic carboxylic acids is 1. The van der Waals surface area contributed by atoms with Crippen LogP contribution in [-0.4, -0.2) is 30.1 Å². The number of rotatable bonds is 5. The van der Waals surface area contributed by atoms with Crippen LogP contribution in [0.4, 0.5) is 0 Å². The highest BCUT2D eigenvalue weighted by Crippen LogP contribution is 1.82. The Morgan fingerprint density at radius 1 is 1.50 bits per heavy atom. The maximum absolute atomic E-state index is 10.2. The summed E-state index contributed by atoms with van der Waals surface area (Å²) >= 11 is 0. The molecule has 0 aliphatic rings. The zero-order chi connectivity index (χ0) is 7.98. The van der Waals surface area contributed by atoms with Crippen molar-refractivity contribution in [3.63, 3.8) is 0 Å². The Balaban J connectivity index is 3.06. The Hall–Kier alpha value is -0.900. The SMILES string of the molecule is CC(=O)COCCC(=O)O. The molecule has 58 valence electrons. The first-order valence-corrected chi connectivity index (χ1v) is 2.92. The Bertz CT molecular complexity index is 114. The number of carbonyl (C=O) groups excluding carboxylic acids is 1. The van der Waals surface area contributed by atoms with Gasteiger partial charge in [-0.2, -0.15) is 0 Å². The molecule has 0 saturated carbocycles. The summed E-state index contributed by atoms with van der Waals surface area (Å²) in [5.74, 6) is -1.01. The van der Waals surface area contributed by atoms with Crippen LogP contribution in [0.25, 0.3) is 0 Å². The lowest BCUT2D eigenvalue weighted by Gasteiger charge is -1.96. The minimum atomic E-state index is -0.913. The van der Waals surface area contributed by atoms with Gasteiger partial charge in [0.05, 0.1) is 13.0 Å². The molecule has 0 atom stereocenters. The average molecular weight is 146 g/mol. The summed E-state index contributed by atoms with van der Waals surface area (Å²) < 4.78 is 4.68. The zero-order valence-corrected chi connectivity index (χ0v) is 5.79. The molecule has 0 radical (unpaired) electrons. The van der Waals surface area contributed by atoms with E-state index in [2.05, 4.69) is 4.74 Å². The lowest BCUT2D eigenvalue weighted by Crippen LogP contribution is -2.08. The van der Waals surface area contributed by atoms with Crippen LogP contribution in [0.15, 0.2) is 0 Å². The third kappa shape index (κ3) is 7.10. The second-order valence-corrected chi connectivity index (χ2v) is 1.90. The predicted molar refractivity (Wildman–Crippen MR) is 33.8 cm³/mol. The number of hydrogen-bond acceptors (Lipinski definition) is 3. The summed E-state index contributed by atoms with van der Waals surface area (Å²) in [7, 11) is 0. The molecule has 0 aromatic carbocycles. The Morgan fingerprint density at radius 3 is 2.50 bits per heavy atom. The minimum absolute atomic E-state index is 0.00722. The fourth-order valence-electron chi connectivity index (χ4n) is 0.375. The summed E-state index contributed by atoms with van der Waals surface area (Å²) in [6.45, 7) is 1.50. The fraction of sp³-hybridized carbons (Fsp3) is 0.667. The predicted octanol–water partition coefficient (Wildman–Crippen LogP) is 0.0667. The maximum atomic E-state index is 10.2. The molecule has 0 unspecified atom stereocenters. The maximum Gasteiger partial charge on any atom is 0.305 e. The van der Waals surface area contributed by atoms with E-state index in [1.54, 1.807) is 0 Å². The first kappa shape index (κ1) is 9.10. The van der Waals surface area contributed by atoms with Crippen molar-refractivity contribution in [2.75, 3.05) is 13.2 Å². The molecule has 0 spiro atoms. The van der Waals surface area contributed by atoms with Crippen LogP contribution in [0.2, 0.25) is 0 Å². The number of hydrogen-bond donors (Lipinski definition) is 1. The number of carbonyl (C=O) groups is 2. The van der Waals surface area contributed by atoms with Gasteiger partial charge in [-0.15, -0.1) is 0 Å². The quantitative estimate of drug-likeness (QED) is 0.557. The fourth-order valence-corrected chi connectivity index (χ4v) is 0.375. The van der Waals surface area contributed by atoms with Crippen molar-refractivity contribution in [3.8, 4) is 0 Å². The molecule has 0 fully saturated rings. The van der Waals surface area contributed by atoms with E-state index in [0.29, 0.717) is 0 Å². The van der Waals surface area contributed by atoms with E-state index in [1.807, 2.05) is 0 Å². The van der Waals surface area contributed by atoms with E-state index in [4.69, 9.17) is 5.11 Å². The molecule has 0 bridgehead atoms. The van der Waals surface area contributed by atoms with Gasteiger partial charge in [0, 0.05) is 0 Å². The molecular formula is C6H10O4. The van der Waals surface area contributed by atoms with Gasteiger partial charge in [-0.25, -0.2) is 0 Å². The van der Waals surface area contributed by atoms with Gasteiger partial charge in [-0.1, -0.05) is 0 Å². The van der Waals surface area contributed by atoms with Crippen molar-refractivity contribution >= 4 is 11.8 Å². The van der Waals surface area contributed by atoms with Crippen molar-refractivity contribution in [1.29, 1.82) is 0 Å². The highest BCUT2D eigenvalue weighted by atomic mass is 16.5. The van der Waals surface area contributed by atoms with Gasteiger partial charge < -0.3 is 9.84 Å². The largest absolute Gasteiger partial charge is 0.481 e. The number of carboxylic acid groups (broad SMARTS) is 1. The van der Waals surface area contributed by atoms with Crippen LogP contribution in [-0.2, 0) is 14.3 Å². The van der Waals surface area contributed by atoms with Gasteiger partial charge in [0.15, 0.2) is 5.78 Å². The Morgan fingerprint density at radius 2 is 2.10 bits per heavy atom. The third-order valence-corrected chi connectivity index (χ3v) is 0.766. The topological polar surface area (TPSA) is 63.6 Å². The molecule has 0 aromatic heterocycles. The van der Waals surface area contributed by atoms with E-state index >= 15 is 0 Å². The highest BCUT2D eigenvalue weighted by Gasteiger charge is 1.96. The number of Topliss-reactive ketones (excluding diaryl/α,β-unsaturated/α-hetero) is 1. The van der Waals surface area contributed by atoms with E-state index in [9.17, 15) is 9.59 Å². The van der Waals surface area contributed by atoms with Crippen LogP contribution >= 0.6 is 0 Å². The summed E-state index contributed by atoms with van der Waals surface area (Å²) in [5.41, 5.74) is 0. The lowest BCUT2D eigenvalue weighted by molar-refractivity contribution is -0.139. The van der Waals surface area contributed by atoms with Crippen molar-refractivity contribution in [2.45, 2.75) is 13.3 Å². The highest BCUT2D eigenvalue weighted by molar-refractivity contribution is 5.76. The molecule has 0 rings (SSSR count). The molecule has 0 amide bonds.